The molecule has 1 aliphatic rings. The molecule has 2 aromatic carbocycles. The van der Waals surface area contributed by atoms with Crippen LogP contribution in [-0.4, -0.2) is 36.7 Å². The van der Waals surface area contributed by atoms with Crippen LogP contribution in [0.2, 0.25) is 0 Å². The van der Waals surface area contributed by atoms with Crippen LogP contribution >= 0.6 is 11.8 Å². The zero-order valence-electron chi connectivity index (χ0n) is 15.2. The fourth-order valence-electron chi connectivity index (χ4n) is 2.52. The summed E-state index contributed by atoms with van der Waals surface area (Å²) in [5.74, 6) is 0.709. The quantitative estimate of drug-likeness (QED) is 0.712. The van der Waals surface area contributed by atoms with Gasteiger partial charge in [-0.1, -0.05) is 12.1 Å². The monoisotopic (exact) mass is 386 g/mol. The minimum Gasteiger partial charge on any atom is -0.493 e. The summed E-state index contributed by atoms with van der Waals surface area (Å²) in [6, 6.07) is 11.3. The molecule has 27 heavy (non-hydrogen) atoms. The van der Waals surface area contributed by atoms with Crippen molar-refractivity contribution >= 4 is 34.6 Å². The number of para-hydroxylation sites is 1. The molecule has 0 aromatic heterocycles. The number of methoxy groups -OCH3 is 1. The molecule has 0 spiro atoms. The average molecular weight is 386 g/mol. The summed E-state index contributed by atoms with van der Waals surface area (Å²) < 4.78 is 24.1. The number of amides is 1. The van der Waals surface area contributed by atoms with E-state index in [9.17, 15) is 9.18 Å². The fraction of sp³-hybridized carbons (Fsp3) is 0.200. The van der Waals surface area contributed by atoms with Crippen molar-refractivity contribution < 1.29 is 18.7 Å². The number of hydrogen-bond donors (Lipinski definition) is 0. The zero-order chi connectivity index (χ0) is 19.4. The molecule has 0 aliphatic carbocycles. The molecule has 0 saturated carbocycles. The van der Waals surface area contributed by atoms with Crippen LogP contribution in [-0.2, 0) is 4.79 Å². The van der Waals surface area contributed by atoms with Gasteiger partial charge in [-0.25, -0.2) is 9.38 Å². The van der Waals surface area contributed by atoms with E-state index in [2.05, 4.69) is 4.99 Å². The lowest BCUT2D eigenvalue weighted by Crippen LogP contribution is -2.23. The number of rotatable bonds is 5. The van der Waals surface area contributed by atoms with Crippen molar-refractivity contribution in [2.45, 2.75) is 6.92 Å². The van der Waals surface area contributed by atoms with Crippen molar-refractivity contribution in [3.8, 4) is 11.5 Å². The molecule has 0 unspecified atom stereocenters. The molecule has 1 heterocycles. The van der Waals surface area contributed by atoms with Gasteiger partial charge in [0.05, 0.1) is 24.3 Å². The summed E-state index contributed by atoms with van der Waals surface area (Å²) in [6.45, 7) is 2.37. The maximum absolute atomic E-state index is 13.1. The average Bonchev–Trinajstić information content (AvgIpc) is 2.93. The molecule has 140 valence electrons. The van der Waals surface area contributed by atoms with Gasteiger partial charge in [-0.3, -0.25) is 9.69 Å². The fourth-order valence-corrected chi connectivity index (χ4v) is 3.50. The lowest BCUT2D eigenvalue weighted by atomic mass is 10.1. The maximum atomic E-state index is 13.1. The minimum atomic E-state index is -0.329. The molecule has 1 amide bonds. The van der Waals surface area contributed by atoms with E-state index >= 15 is 0 Å². The molecule has 0 atom stereocenters. The molecule has 0 bridgehead atoms. The van der Waals surface area contributed by atoms with Crippen LogP contribution in [0, 0.1) is 5.82 Å². The molecule has 0 N–H and O–H groups in total. The molecule has 2 aromatic rings. The summed E-state index contributed by atoms with van der Waals surface area (Å²) >= 11 is 1.26. The van der Waals surface area contributed by atoms with Gasteiger partial charge in [0.1, 0.15) is 5.82 Å². The van der Waals surface area contributed by atoms with E-state index in [0.29, 0.717) is 33.9 Å². The molecular formula is C20H19FN2O3S. The number of amidine groups is 1. The number of likely N-dealkylation sites (N-methyl/N-ethyl adjacent to an activating group) is 1. The summed E-state index contributed by atoms with van der Waals surface area (Å²) in [6.07, 6.45) is 1.77. The van der Waals surface area contributed by atoms with Gasteiger partial charge in [-0.15, -0.1) is 0 Å². The van der Waals surface area contributed by atoms with Crippen molar-refractivity contribution in [3.05, 3.63) is 58.8 Å². The maximum Gasteiger partial charge on any atom is 0.266 e. The van der Waals surface area contributed by atoms with E-state index in [4.69, 9.17) is 9.47 Å². The van der Waals surface area contributed by atoms with Gasteiger partial charge in [0, 0.05) is 12.6 Å². The molecule has 5 nitrogen and oxygen atoms in total. The van der Waals surface area contributed by atoms with Crippen molar-refractivity contribution in [2.24, 2.45) is 4.99 Å². The highest BCUT2D eigenvalue weighted by Gasteiger charge is 2.30. The van der Waals surface area contributed by atoms with Crippen LogP contribution in [0.5, 0.6) is 11.5 Å². The van der Waals surface area contributed by atoms with E-state index in [0.717, 1.165) is 5.56 Å². The molecule has 3 rings (SSSR count). The number of carbonyl (C=O) groups excluding carboxylic acids is 1. The number of hydrogen-bond acceptors (Lipinski definition) is 5. The van der Waals surface area contributed by atoms with E-state index in [1.807, 2.05) is 25.1 Å². The second-order valence-corrected chi connectivity index (χ2v) is 6.67. The summed E-state index contributed by atoms with van der Waals surface area (Å²) in [5, 5.41) is 0.527. The Bertz CT molecular complexity index is 910. The highest BCUT2D eigenvalue weighted by molar-refractivity contribution is 8.18. The van der Waals surface area contributed by atoms with Gasteiger partial charge >= 0.3 is 0 Å². The summed E-state index contributed by atoms with van der Waals surface area (Å²) in [5.41, 5.74) is 1.33. The predicted molar refractivity (Wildman–Crippen MR) is 106 cm³/mol. The van der Waals surface area contributed by atoms with Gasteiger partial charge in [-0.2, -0.15) is 0 Å². The smallest absolute Gasteiger partial charge is 0.266 e. The van der Waals surface area contributed by atoms with Gasteiger partial charge in [0.2, 0.25) is 0 Å². The third-order valence-corrected chi connectivity index (χ3v) is 4.92. The van der Waals surface area contributed by atoms with Crippen LogP contribution in [0.25, 0.3) is 6.08 Å². The SMILES string of the molecule is CCOc1c(/C=C2/SC(=Nc3ccc(F)cc3)N(C)C2=O)cccc1OC. The van der Waals surface area contributed by atoms with E-state index in [1.165, 1.54) is 28.8 Å². The standard InChI is InChI=1S/C20H19FN2O3S/c1-4-26-18-13(6-5-7-16(18)25-3)12-17-19(24)23(2)20(27-17)22-15-10-8-14(21)9-11-15/h5-12H,4H2,1-3H3/b17-12+,22-20?. The van der Waals surface area contributed by atoms with E-state index in [-0.39, 0.29) is 11.7 Å². The second-order valence-electron chi connectivity index (χ2n) is 5.66. The van der Waals surface area contributed by atoms with Crippen molar-refractivity contribution in [2.75, 3.05) is 20.8 Å². The lowest BCUT2D eigenvalue weighted by molar-refractivity contribution is -0.121. The summed E-state index contributed by atoms with van der Waals surface area (Å²) in [7, 11) is 3.24. The topological polar surface area (TPSA) is 51.1 Å². The van der Waals surface area contributed by atoms with Crippen molar-refractivity contribution in [1.29, 1.82) is 0 Å². The highest BCUT2D eigenvalue weighted by atomic mass is 32.2. The first kappa shape index (κ1) is 19.0. The van der Waals surface area contributed by atoms with Crippen molar-refractivity contribution in [1.82, 2.24) is 4.90 Å². The van der Waals surface area contributed by atoms with Crippen LogP contribution < -0.4 is 9.47 Å². The molecular weight excluding hydrogens is 367 g/mol. The Kier molecular flexibility index (Phi) is 5.81. The molecule has 1 fully saturated rings. The summed E-state index contributed by atoms with van der Waals surface area (Å²) in [4.78, 5) is 19.0. The largest absolute Gasteiger partial charge is 0.493 e. The van der Waals surface area contributed by atoms with Crippen LogP contribution in [0.3, 0.4) is 0 Å². The van der Waals surface area contributed by atoms with Crippen LogP contribution in [0.15, 0.2) is 52.4 Å². The Labute approximate surface area is 161 Å². The Morgan fingerprint density at radius 1 is 1.22 bits per heavy atom. The Morgan fingerprint density at radius 3 is 2.63 bits per heavy atom. The number of nitrogens with zero attached hydrogens (tertiary/aromatic N) is 2. The highest BCUT2D eigenvalue weighted by Crippen LogP contribution is 2.37. The number of thioether (sulfide) groups is 1. The van der Waals surface area contributed by atoms with Gasteiger partial charge < -0.3 is 9.47 Å². The Balaban J connectivity index is 1.94. The molecule has 0 radical (unpaired) electrons. The molecule has 1 aliphatic heterocycles. The Morgan fingerprint density at radius 2 is 1.96 bits per heavy atom. The Hall–Kier alpha value is -2.80. The minimum absolute atomic E-state index is 0.161. The van der Waals surface area contributed by atoms with E-state index < -0.39 is 0 Å². The third kappa shape index (κ3) is 4.14. The predicted octanol–water partition coefficient (Wildman–Crippen LogP) is 4.47. The van der Waals surface area contributed by atoms with Crippen LogP contribution in [0.4, 0.5) is 10.1 Å². The van der Waals surface area contributed by atoms with Crippen LogP contribution in [0.1, 0.15) is 12.5 Å². The van der Waals surface area contributed by atoms with Gasteiger partial charge in [0.25, 0.3) is 5.91 Å². The molecule has 1 saturated heterocycles. The molecule has 7 heteroatoms. The van der Waals surface area contributed by atoms with Gasteiger partial charge in [-0.05, 0) is 55.1 Å². The number of carbonyl (C=O) groups is 1. The lowest BCUT2D eigenvalue weighted by Gasteiger charge is -2.12. The van der Waals surface area contributed by atoms with E-state index in [1.54, 1.807) is 32.4 Å². The number of benzene rings is 2. The zero-order valence-corrected chi connectivity index (χ0v) is 16.0. The second kappa shape index (κ2) is 8.26. The third-order valence-electron chi connectivity index (χ3n) is 3.86. The number of ether oxygens (including phenoxy) is 2. The first-order valence-electron chi connectivity index (χ1n) is 8.35. The first-order valence-corrected chi connectivity index (χ1v) is 9.16. The number of halogens is 1. The first-order chi connectivity index (χ1) is 13.0. The normalized spacial score (nSPS) is 17.0. The van der Waals surface area contributed by atoms with Crippen molar-refractivity contribution in [3.63, 3.8) is 0 Å². The van der Waals surface area contributed by atoms with Gasteiger partial charge in [0.15, 0.2) is 16.7 Å². The number of aliphatic imine (C=N–C) groups is 1.